The van der Waals surface area contributed by atoms with E-state index in [1.807, 2.05) is 25.7 Å². The predicted octanol–water partition coefficient (Wildman–Crippen LogP) is 3.46. The number of carbonyl (C=O) groups is 3. The van der Waals surface area contributed by atoms with E-state index in [2.05, 4.69) is 10.1 Å². The van der Waals surface area contributed by atoms with E-state index in [-0.39, 0.29) is 24.8 Å². The van der Waals surface area contributed by atoms with Crippen molar-refractivity contribution in [2.75, 3.05) is 26.2 Å². The van der Waals surface area contributed by atoms with Gasteiger partial charge in [0.25, 0.3) is 0 Å². The number of likely N-dealkylation sites (N-methyl/N-ethyl adjacent to an activating group) is 1. The molecule has 0 aromatic carbocycles. The van der Waals surface area contributed by atoms with E-state index in [9.17, 15) is 27.9 Å². The number of hydrogen-bond donors (Lipinski definition) is 4. The van der Waals surface area contributed by atoms with E-state index in [1.165, 1.54) is 6.42 Å². The lowest BCUT2D eigenvalue weighted by atomic mass is 9.73. The van der Waals surface area contributed by atoms with Crippen LogP contribution in [-0.2, 0) is 24.4 Å². The zero-order valence-electron chi connectivity index (χ0n) is 28.1. The Labute approximate surface area is 271 Å². The van der Waals surface area contributed by atoms with Crippen LogP contribution < -0.4 is 15.9 Å². The smallest absolute Gasteiger partial charge is 0.227 e. The fraction of sp³-hybridized carbons (Fsp3) is 0.909. The SMILES string of the molecule is CCCN(CCC)C(=O)C1CC(C(N)=O)CC(C(=O)NC(CC2CCCCC2)C(O)CN(CC)NS(=O)(=O)C2CCCCC2)C1. The van der Waals surface area contributed by atoms with Crippen LogP contribution in [0.25, 0.3) is 0 Å². The molecule has 3 aliphatic carbocycles. The van der Waals surface area contributed by atoms with Gasteiger partial charge in [0, 0.05) is 43.9 Å². The fourth-order valence-corrected chi connectivity index (χ4v) is 9.37. The largest absolute Gasteiger partial charge is 0.390 e. The highest BCUT2D eigenvalue weighted by Gasteiger charge is 2.41. The van der Waals surface area contributed by atoms with Crippen LogP contribution in [0.3, 0.4) is 0 Å². The Morgan fingerprint density at radius 1 is 0.844 bits per heavy atom. The van der Waals surface area contributed by atoms with E-state index in [4.69, 9.17) is 5.73 Å². The molecule has 3 rings (SSSR count). The molecule has 11 nitrogen and oxygen atoms in total. The second kappa shape index (κ2) is 18.5. The van der Waals surface area contributed by atoms with Crippen molar-refractivity contribution in [2.45, 2.75) is 141 Å². The average Bonchev–Trinajstić information content (AvgIpc) is 3.04. The summed E-state index contributed by atoms with van der Waals surface area (Å²) in [6, 6.07) is -0.589. The molecule has 0 aliphatic heterocycles. The second-order valence-corrected chi connectivity index (χ2v) is 15.8. The summed E-state index contributed by atoms with van der Waals surface area (Å²) >= 11 is 0. The van der Waals surface area contributed by atoms with Crippen molar-refractivity contribution >= 4 is 27.7 Å². The number of carbonyl (C=O) groups excluding carboxylic acids is 3. The maximum Gasteiger partial charge on any atom is 0.227 e. The summed E-state index contributed by atoms with van der Waals surface area (Å²) in [5.74, 6) is -2.05. The number of aliphatic hydroxyl groups is 1. The Balaban J connectivity index is 1.74. The first-order valence-electron chi connectivity index (χ1n) is 17.8. The van der Waals surface area contributed by atoms with Crippen molar-refractivity contribution in [3.8, 4) is 0 Å². The fourth-order valence-electron chi connectivity index (χ4n) is 7.71. The molecule has 5 unspecified atom stereocenters. The molecule has 0 saturated heterocycles. The lowest BCUT2D eigenvalue weighted by molar-refractivity contribution is -0.141. The Hall–Kier alpha value is -1.76. The number of sulfonamides is 1. The number of nitrogens with two attached hydrogens (primary N) is 1. The maximum atomic E-state index is 13.9. The Kier molecular flexibility index (Phi) is 15.5. The lowest BCUT2D eigenvalue weighted by Gasteiger charge is -2.37. The Morgan fingerprint density at radius 2 is 1.40 bits per heavy atom. The summed E-state index contributed by atoms with van der Waals surface area (Å²) < 4.78 is 26.3. The number of aliphatic hydroxyl groups excluding tert-OH is 1. The van der Waals surface area contributed by atoms with Crippen LogP contribution in [0.1, 0.15) is 124 Å². The van der Waals surface area contributed by atoms with Gasteiger partial charge >= 0.3 is 0 Å². The zero-order chi connectivity index (χ0) is 33.0. The van der Waals surface area contributed by atoms with Crippen molar-refractivity contribution in [1.29, 1.82) is 0 Å². The van der Waals surface area contributed by atoms with E-state index < -0.39 is 51.1 Å². The highest BCUT2D eigenvalue weighted by molar-refractivity contribution is 7.90. The molecular weight excluding hydrogens is 594 g/mol. The van der Waals surface area contributed by atoms with Gasteiger partial charge in [0.2, 0.25) is 27.7 Å². The lowest BCUT2D eigenvalue weighted by Crippen LogP contribution is -2.55. The number of nitrogens with one attached hydrogen (secondary N) is 2. The standard InChI is InChI=1S/C33H61N5O6S/c1-4-17-37(18-5-2)33(42)27-21-25(31(34)40)20-26(22-27)32(41)35-29(19-24-13-9-7-10-14-24)30(39)23-38(6-3)36-45(43,44)28-15-11-8-12-16-28/h24-30,36,39H,4-23H2,1-3H3,(H2,34,40)(H,35,41). The first-order chi connectivity index (χ1) is 21.5. The number of rotatable bonds is 17. The number of primary amides is 1. The molecule has 0 aromatic rings. The van der Waals surface area contributed by atoms with Crippen molar-refractivity contribution < 1.29 is 27.9 Å². The van der Waals surface area contributed by atoms with E-state index in [0.29, 0.717) is 57.7 Å². The van der Waals surface area contributed by atoms with Gasteiger partial charge in [-0.25, -0.2) is 13.4 Å². The van der Waals surface area contributed by atoms with Gasteiger partial charge in [-0.2, -0.15) is 0 Å². The highest BCUT2D eigenvalue weighted by atomic mass is 32.2. The minimum Gasteiger partial charge on any atom is -0.390 e. The summed E-state index contributed by atoms with van der Waals surface area (Å²) in [7, 11) is -3.58. The van der Waals surface area contributed by atoms with Crippen LogP contribution >= 0.6 is 0 Å². The van der Waals surface area contributed by atoms with Crippen molar-refractivity contribution in [3.05, 3.63) is 0 Å². The third kappa shape index (κ3) is 11.5. The summed E-state index contributed by atoms with van der Waals surface area (Å²) in [5, 5.41) is 15.8. The maximum absolute atomic E-state index is 13.9. The normalized spacial score (nSPS) is 25.0. The Morgan fingerprint density at radius 3 is 1.96 bits per heavy atom. The monoisotopic (exact) mass is 655 g/mol. The molecule has 0 aromatic heterocycles. The van der Waals surface area contributed by atoms with Crippen LogP contribution in [0.15, 0.2) is 0 Å². The highest BCUT2D eigenvalue weighted by Crippen LogP contribution is 2.36. The zero-order valence-corrected chi connectivity index (χ0v) is 28.9. The Bertz CT molecular complexity index is 1040. The molecule has 5 atom stereocenters. The molecule has 3 amide bonds. The molecular formula is C33H61N5O6S. The van der Waals surface area contributed by atoms with Crippen LogP contribution in [0.5, 0.6) is 0 Å². The van der Waals surface area contributed by atoms with E-state index in [0.717, 1.165) is 57.8 Å². The molecule has 45 heavy (non-hydrogen) atoms. The molecule has 12 heteroatoms. The number of hydrogen-bond acceptors (Lipinski definition) is 7. The molecule has 0 heterocycles. The third-order valence-electron chi connectivity index (χ3n) is 10.3. The van der Waals surface area contributed by atoms with Gasteiger partial charge in [0.1, 0.15) is 0 Å². The van der Waals surface area contributed by atoms with Crippen LogP contribution in [0, 0.1) is 23.7 Å². The molecule has 3 aliphatic rings. The topological polar surface area (TPSA) is 162 Å². The van der Waals surface area contributed by atoms with E-state index >= 15 is 0 Å². The van der Waals surface area contributed by atoms with Gasteiger partial charge in [0.15, 0.2) is 0 Å². The predicted molar refractivity (Wildman–Crippen MR) is 176 cm³/mol. The number of hydrazine groups is 1. The summed E-state index contributed by atoms with van der Waals surface area (Å²) in [5.41, 5.74) is 5.74. The number of nitrogens with zero attached hydrogens (tertiary/aromatic N) is 2. The van der Waals surface area contributed by atoms with Crippen molar-refractivity contribution in [3.63, 3.8) is 0 Å². The van der Waals surface area contributed by atoms with Gasteiger partial charge in [-0.3, -0.25) is 14.4 Å². The minimum atomic E-state index is -3.58. The molecule has 260 valence electrons. The molecule has 3 saturated carbocycles. The molecule has 3 fully saturated rings. The number of amides is 3. The van der Waals surface area contributed by atoms with Crippen molar-refractivity contribution in [1.82, 2.24) is 20.1 Å². The first kappa shape index (κ1) is 37.7. The van der Waals surface area contributed by atoms with Crippen LogP contribution in [0.4, 0.5) is 0 Å². The van der Waals surface area contributed by atoms with E-state index in [1.54, 1.807) is 5.01 Å². The van der Waals surface area contributed by atoms with Crippen LogP contribution in [0.2, 0.25) is 0 Å². The molecule has 0 radical (unpaired) electrons. The van der Waals surface area contributed by atoms with Gasteiger partial charge in [0.05, 0.1) is 17.4 Å². The summed E-state index contributed by atoms with van der Waals surface area (Å²) in [4.78, 5) is 44.3. The molecule has 0 spiro atoms. The quantitative estimate of drug-likeness (QED) is 0.175. The first-order valence-corrected chi connectivity index (χ1v) is 19.4. The average molecular weight is 656 g/mol. The van der Waals surface area contributed by atoms with Crippen LogP contribution in [-0.4, -0.2) is 84.7 Å². The molecule has 5 N–H and O–H groups in total. The third-order valence-corrected chi connectivity index (χ3v) is 12.1. The molecule has 0 bridgehead atoms. The van der Waals surface area contributed by atoms with Gasteiger partial charge in [-0.15, -0.1) is 4.83 Å². The summed E-state index contributed by atoms with van der Waals surface area (Å²) in [6.07, 6.45) is 11.8. The van der Waals surface area contributed by atoms with Gasteiger partial charge in [-0.1, -0.05) is 72.1 Å². The van der Waals surface area contributed by atoms with Gasteiger partial charge in [-0.05, 0) is 57.3 Å². The van der Waals surface area contributed by atoms with Crippen molar-refractivity contribution in [2.24, 2.45) is 29.4 Å². The van der Waals surface area contributed by atoms with Gasteiger partial charge < -0.3 is 21.1 Å². The summed E-state index contributed by atoms with van der Waals surface area (Å²) in [6.45, 7) is 7.57. The second-order valence-electron chi connectivity index (χ2n) is 13.9. The minimum absolute atomic E-state index is 0.0231.